The molecule has 0 fully saturated rings. The van der Waals surface area contributed by atoms with Crippen molar-refractivity contribution in [3.05, 3.63) is 42.0 Å². The van der Waals surface area contributed by atoms with Crippen LogP contribution >= 0.6 is 0 Å². The fourth-order valence-electron chi connectivity index (χ4n) is 1.67. The molecule has 1 aromatic carbocycles. The Kier molecular flexibility index (Phi) is 5.65. The summed E-state index contributed by atoms with van der Waals surface area (Å²) in [7, 11) is 0. The number of unbranched alkanes of at least 4 members (excludes halogenated alkanes) is 1. The Labute approximate surface area is 98.1 Å². The predicted octanol–water partition coefficient (Wildman–Crippen LogP) is 2.84. The van der Waals surface area contributed by atoms with Gasteiger partial charge >= 0.3 is 0 Å². The van der Waals surface area contributed by atoms with E-state index in [4.69, 9.17) is 10.5 Å². The first-order valence-corrected chi connectivity index (χ1v) is 5.82. The van der Waals surface area contributed by atoms with Crippen LogP contribution in [0.15, 0.2) is 30.9 Å². The van der Waals surface area contributed by atoms with Crippen LogP contribution in [0.2, 0.25) is 0 Å². The molecule has 0 unspecified atom stereocenters. The van der Waals surface area contributed by atoms with Crippen LogP contribution in [0.25, 0.3) is 0 Å². The first-order valence-electron chi connectivity index (χ1n) is 5.82. The van der Waals surface area contributed by atoms with E-state index >= 15 is 0 Å². The second-order valence-corrected chi connectivity index (χ2v) is 3.88. The van der Waals surface area contributed by atoms with E-state index in [1.165, 1.54) is 11.1 Å². The van der Waals surface area contributed by atoms with Crippen molar-refractivity contribution in [1.82, 2.24) is 0 Å². The van der Waals surface area contributed by atoms with Gasteiger partial charge in [0.1, 0.15) is 5.75 Å². The SMILES string of the molecule is C=CCCCOc1c(C)cccc1CCN. The molecule has 0 amide bonds. The number of nitrogens with two attached hydrogens (primary N) is 1. The molecule has 16 heavy (non-hydrogen) atoms. The van der Waals surface area contributed by atoms with Crippen molar-refractivity contribution in [3.63, 3.8) is 0 Å². The van der Waals surface area contributed by atoms with Crippen LogP contribution in [0.5, 0.6) is 5.75 Å². The fourth-order valence-corrected chi connectivity index (χ4v) is 1.67. The molecule has 0 saturated carbocycles. The molecular formula is C14H21NO. The highest BCUT2D eigenvalue weighted by atomic mass is 16.5. The lowest BCUT2D eigenvalue weighted by Gasteiger charge is -2.13. The lowest BCUT2D eigenvalue weighted by molar-refractivity contribution is 0.307. The summed E-state index contributed by atoms with van der Waals surface area (Å²) in [5, 5.41) is 0. The molecule has 1 rings (SSSR count). The van der Waals surface area contributed by atoms with E-state index in [2.05, 4.69) is 31.7 Å². The minimum atomic E-state index is 0.659. The van der Waals surface area contributed by atoms with Crippen molar-refractivity contribution >= 4 is 0 Å². The molecule has 88 valence electrons. The van der Waals surface area contributed by atoms with Crippen molar-refractivity contribution in [2.45, 2.75) is 26.2 Å². The molecule has 0 saturated heterocycles. The Bertz CT molecular complexity index is 334. The van der Waals surface area contributed by atoms with Crippen molar-refractivity contribution < 1.29 is 4.74 Å². The summed E-state index contributed by atoms with van der Waals surface area (Å²) < 4.78 is 5.82. The lowest BCUT2D eigenvalue weighted by Crippen LogP contribution is -2.07. The maximum absolute atomic E-state index is 5.82. The summed E-state index contributed by atoms with van der Waals surface area (Å²) in [6.45, 7) is 7.17. The van der Waals surface area contributed by atoms with Crippen LogP contribution in [0.3, 0.4) is 0 Å². The maximum atomic E-state index is 5.82. The average molecular weight is 219 g/mol. The smallest absolute Gasteiger partial charge is 0.125 e. The highest BCUT2D eigenvalue weighted by molar-refractivity contribution is 5.40. The van der Waals surface area contributed by atoms with Gasteiger partial charge in [-0.3, -0.25) is 0 Å². The van der Waals surface area contributed by atoms with Gasteiger partial charge in [-0.15, -0.1) is 6.58 Å². The van der Waals surface area contributed by atoms with E-state index in [9.17, 15) is 0 Å². The number of rotatable bonds is 7. The lowest BCUT2D eigenvalue weighted by atomic mass is 10.1. The van der Waals surface area contributed by atoms with Gasteiger partial charge in [-0.1, -0.05) is 24.3 Å². The molecule has 0 heterocycles. The van der Waals surface area contributed by atoms with E-state index < -0.39 is 0 Å². The third kappa shape index (κ3) is 3.70. The molecule has 0 aliphatic carbocycles. The minimum absolute atomic E-state index is 0.659. The molecule has 0 radical (unpaired) electrons. The second kappa shape index (κ2) is 7.07. The van der Waals surface area contributed by atoms with Crippen molar-refractivity contribution in [2.75, 3.05) is 13.2 Å². The third-order valence-electron chi connectivity index (χ3n) is 2.51. The summed E-state index contributed by atoms with van der Waals surface area (Å²) in [6.07, 6.45) is 4.80. The van der Waals surface area contributed by atoms with Crippen molar-refractivity contribution in [1.29, 1.82) is 0 Å². The molecule has 2 N–H and O–H groups in total. The normalized spacial score (nSPS) is 10.1. The molecule has 2 heteroatoms. The quantitative estimate of drug-likeness (QED) is 0.565. The van der Waals surface area contributed by atoms with Gasteiger partial charge < -0.3 is 10.5 Å². The van der Waals surface area contributed by atoms with E-state index in [1.807, 2.05) is 6.08 Å². The summed E-state index contributed by atoms with van der Waals surface area (Å²) in [4.78, 5) is 0. The number of para-hydroxylation sites is 1. The number of aryl methyl sites for hydroxylation is 1. The number of ether oxygens (including phenoxy) is 1. The summed E-state index contributed by atoms with van der Waals surface area (Å²) in [5.41, 5.74) is 7.98. The zero-order valence-corrected chi connectivity index (χ0v) is 10.0. The second-order valence-electron chi connectivity index (χ2n) is 3.88. The van der Waals surface area contributed by atoms with Crippen LogP contribution in [0.4, 0.5) is 0 Å². The molecule has 0 aromatic heterocycles. The minimum Gasteiger partial charge on any atom is -0.493 e. The number of benzene rings is 1. The van der Waals surface area contributed by atoms with Gasteiger partial charge in [0, 0.05) is 0 Å². The molecule has 2 nitrogen and oxygen atoms in total. The number of hydrogen-bond donors (Lipinski definition) is 1. The molecular weight excluding hydrogens is 198 g/mol. The van der Waals surface area contributed by atoms with Gasteiger partial charge in [0.15, 0.2) is 0 Å². The molecule has 0 atom stereocenters. The van der Waals surface area contributed by atoms with Crippen LogP contribution < -0.4 is 10.5 Å². The highest BCUT2D eigenvalue weighted by Gasteiger charge is 2.05. The molecule has 0 spiro atoms. The van der Waals surface area contributed by atoms with Gasteiger partial charge in [0.05, 0.1) is 6.61 Å². The molecule has 1 aromatic rings. The Hall–Kier alpha value is -1.28. The van der Waals surface area contributed by atoms with Crippen LogP contribution in [0, 0.1) is 6.92 Å². The Morgan fingerprint density at radius 2 is 2.25 bits per heavy atom. The highest BCUT2D eigenvalue weighted by Crippen LogP contribution is 2.23. The van der Waals surface area contributed by atoms with E-state index in [0.717, 1.165) is 31.6 Å². The third-order valence-corrected chi connectivity index (χ3v) is 2.51. The van der Waals surface area contributed by atoms with E-state index in [0.29, 0.717) is 6.54 Å². The molecule has 0 aliphatic heterocycles. The number of allylic oxidation sites excluding steroid dienone is 1. The first-order chi connectivity index (χ1) is 7.79. The summed E-state index contributed by atoms with van der Waals surface area (Å²) in [6, 6.07) is 6.21. The first kappa shape index (κ1) is 12.8. The van der Waals surface area contributed by atoms with Crippen LogP contribution in [-0.2, 0) is 6.42 Å². The van der Waals surface area contributed by atoms with E-state index in [1.54, 1.807) is 0 Å². The molecule has 0 bridgehead atoms. The molecule has 0 aliphatic rings. The Morgan fingerprint density at radius 3 is 2.94 bits per heavy atom. The zero-order chi connectivity index (χ0) is 11.8. The maximum Gasteiger partial charge on any atom is 0.125 e. The van der Waals surface area contributed by atoms with Gasteiger partial charge in [0.2, 0.25) is 0 Å². The monoisotopic (exact) mass is 219 g/mol. The summed E-state index contributed by atoms with van der Waals surface area (Å²) in [5.74, 6) is 1.01. The summed E-state index contributed by atoms with van der Waals surface area (Å²) >= 11 is 0. The Balaban J connectivity index is 2.64. The van der Waals surface area contributed by atoms with Crippen molar-refractivity contribution in [3.8, 4) is 5.75 Å². The van der Waals surface area contributed by atoms with Crippen molar-refractivity contribution in [2.24, 2.45) is 5.73 Å². The van der Waals surface area contributed by atoms with Gasteiger partial charge in [-0.05, 0) is 43.9 Å². The van der Waals surface area contributed by atoms with Gasteiger partial charge in [-0.25, -0.2) is 0 Å². The zero-order valence-electron chi connectivity index (χ0n) is 10.0. The van der Waals surface area contributed by atoms with Crippen LogP contribution in [-0.4, -0.2) is 13.2 Å². The Morgan fingerprint density at radius 1 is 1.44 bits per heavy atom. The van der Waals surface area contributed by atoms with E-state index in [-0.39, 0.29) is 0 Å². The van der Waals surface area contributed by atoms with Crippen LogP contribution in [0.1, 0.15) is 24.0 Å². The topological polar surface area (TPSA) is 35.2 Å². The average Bonchev–Trinajstić information content (AvgIpc) is 2.28. The van der Waals surface area contributed by atoms with Gasteiger partial charge in [-0.2, -0.15) is 0 Å². The fraction of sp³-hybridized carbons (Fsp3) is 0.429. The predicted molar refractivity (Wildman–Crippen MR) is 68.9 cm³/mol. The largest absolute Gasteiger partial charge is 0.493 e. The van der Waals surface area contributed by atoms with Gasteiger partial charge in [0.25, 0.3) is 0 Å². The number of hydrogen-bond acceptors (Lipinski definition) is 2. The standard InChI is InChI=1S/C14H21NO/c1-3-4-5-11-16-14-12(2)7-6-8-13(14)9-10-15/h3,6-8H,1,4-5,9-11,15H2,2H3.